The van der Waals surface area contributed by atoms with Gasteiger partial charge in [-0.05, 0) is 49.7 Å². The Morgan fingerprint density at radius 3 is 1.23 bits per heavy atom. The number of ether oxygens (including phenoxy) is 4. The van der Waals surface area contributed by atoms with Crippen molar-refractivity contribution in [2.45, 2.75) is 79.1 Å². The molecule has 2 aromatic carbocycles. The van der Waals surface area contributed by atoms with Gasteiger partial charge < -0.3 is 18.9 Å². The molecule has 2 fully saturated rings. The van der Waals surface area contributed by atoms with E-state index in [2.05, 4.69) is 13.8 Å². The molecule has 2 aliphatic carbocycles. The van der Waals surface area contributed by atoms with Crippen LogP contribution in [0.5, 0.6) is 11.5 Å². The minimum Gasteiger partial charge on any atom is -0.461 e. The first-order chi connectivity index (χ1) is 22.4. The van der Waals surface area contributed by atoms with Gasteiger partial charge in [-0.1, -0.05) is 123 Å². The third-order valence-electron chi connectivity index (χ3n) is 9.28. The summed E-state index contributed by atoms with van der Waals surface area (Å²) in [6, 6.07) is 2.27. The highest BCUT2D eigenvalue weighted by Crippen LogP contribution is 2.44. The van der Waals surface area contributed by atoms with E-state index >= 15 is 0 Å². The van der Waals surface area contributed by atoms with Crippen molar-refractivity contribution in [1.82, 2.24) is 0 Å². The van der Waals surface area contributed by atoms with Crippen LogP contribution in [0.1, 0.15) is 99.8 Å². The molecule has 48 heavy (non-hydrogen) atoms. The molecule has 0 aliphatic heterocycles. The maximum absolute atomic E-state index is 13.3. The summed E-state index contributed by atoms with van der Waals surface area (Å²) in [7, 11) is 0. The molecule has 0 amide bonds. The lowest BCUT2D eigenvalue weighted by Gasteiger charge is -2.35. The van der Waals surface area contributed by atoms with Crippen LogP contribution in [-0.2, 0) is 19.1 Å². The maximum atomic E-state index is 13.3. The highest BCUT2D eigenvalue weighted by atomic mass is 35.5. The van der Waals surface area contributed by atoms with E-state index in [9.17, 15) is 19.2 Å². The highest BCUT2D eigenvalue weighted by molar-refractivity contribution is 6.47. The number of esters is 4. The van der Waals surface area contributed by atoms with Crippen LogP contribution in [0, 0.1) is 22.7 Å². The summed E-state index contributed by atoms with van der Waals surface area (Å²) < 4.78 is 21.7. The normalized spacial score (nSPS) is 24.0. The van der Waals surface area contributed by atoms with Crippen LogP contribution in [0.15, 0.2) is 12.1 Å². The van der Waals surface area contributed by atoms with Crippen molar-refractivity contribution in [3.05, 3.63) is 53.4 Å². The van der Waals surface area contributed by atoms with Gasteiger partial charge >= 0.3 is 23.9 Å². The molecule has 2 aliphatic rings. The van der Waals surface area contributed by atoms with Crippen molar-refractivity contribution in [2.24, 2.45) is 22.7 Å². The lowest BCUT2D eigenvalue weighted by Crippen LogP contribution is -2.31. The highest BCUT2D eigenvalue weighted by Gasteiger charge is 2.36. The lowest BCUT2D eigenvalue weighted by atomic mass is 9.73. The molecular formula is C34H36Cl6O8. The van der Waals surface area contributed by atoms with Gasteiger partial charge in [0.25, 0.3) is 0 Å². The first-order valence-corrected chi connectivity index (χ1v) is 17.8. The van der Waals surface area contributed by atoms with Gasteiger partial charge in [-0.25, -0.2) is 19.2 Å². The smallest absolute Gasteiger partial charge is 0.423 e. The summed E-state index contributed by atoms with van der Waals surface area (Å²) in [5, 5.41) is -1.45. The standard InChI is InChI=1S/C34H36Cl6O8/c1-17-5-9-33(3,10-6-17)15-45-29(41)23-25(39)19(35)13-21(37)27(23)47-31(43)32(44)48-28-22(38)14-20(36)26(40)24(28)30(42)46-16-34(4)11-7-18(2)8-12-34/h13-14,17-18H,5-12,15-16H2,1-4H3. The Morgan fingerprint density at radius 1 is 0.604 bits per heavy atom. The third-order valence-corrected chi connectivity index (χ3v) is 11.4. The first kappa shape index (κ1) is 38.9. The summed E-state index contributed by atoms with van der Waals surface area (Å²) in [6.07, 6.45) is 7.37. The molecule has 0 heterocycles. The molecule has 0 atom stereocenters. The Hall–Kier alpha value is -1.94. The van der Waals surface area contributed by atoms with E-state index in [0.29, 0.717) is 11.8 Å². The minimum absolute atomic E-state index is 0.0709. The van der Waals surface area contributed by atoms with E-state index in [-0.39, 0.29) is 54.2 Å². The Morgan fingerprint density at radius 2 is 0.917 bits per heavy atom. The zero-order valence-corrected chi connectivity index (χ0v) is 31.4. The number of rotatable bonds is 8. The minimum atomic E-state index is -1.64. The van der Waals surface area contributed by atoms with Crippen LogP contribution in [0.3, 0.4) is 0 Å². The molecule has 4 rings (SSSR count). The van der Waals surface area contributed by atoms with Crippen LogP contribution in [0.4, 0.5) is 0 Å². The van der Waals surface area contributed by atoms with Gasteiger partial charge in [-0.3, -0.25) is 0 Å². The van der Waals surface area contributed by atoms with E-state index in [4.69, 9.17) is 88.6 Å². The molecular weight excluding hydrogens is 749 g/mol. The van der Waals surface area contributed by atoms with Crippen molar-refractivity contribution in [1.29, 1.82) is 0 Å². The lowest BCUT2D eigenvalue weighted by molar-refractivity contribution is -0.156. The van der Waals surface area contributed by atoms with Crippen LogP contribution in [0.25, 0.3) is 0 Å². The van der Waals surface area contributed by atoms with Gasteiger partial charge in [0.15, 0.2) is 11.5 Å². The van der Waals surface area contributed by atoms with Crippen molar-refractivity contribution < 1.29 is 38.1 Å². The summed E-state index contributed by atoms with van der Waals surface area (Å²) >= 11 is 37.7. The van der Waals surface area contributed by atoms with Gasteiger partial charge in [0.1, 0.15) is 11.1 Å². The molecule has 0 radical (unpaired) electrons. The SMILES string of the molecule is CC1CCC(C)(COC(=O)c2c(Cl)c(Cl)cc(Cl)c2OC(=O)C(=O)Oc2c(Cl)cc(Cl)c(Cl)c2C(=O)OCC2(C)CCC(C)CC2)CC1. The number of carbonyl (C=O) groups excluding carboxylic acids is 4. The van der Waals surface area contributed by atoms with Crippen molar-refractivity contribution >= 4 is 93.5 Å². The van der Waals surface area contributed by atoms with Crippen LogP contribution in [-0.4, -0.2) is 37.1 Å². The quantitative estimate of drug-likeness (QED) is 0.113. The Kier molecular flexibility index (Phi) is 12.9. The average molecular weight is 785 g/mol. The number of halogens is 6. The zero-order valence-electron chi connectivity index (χ0n) is 26.9. The topological polar surface area (TPSA) is 105 Å². The van der Waals surface area contributed by atoms with Gasteiger partial charge in [0, 0.05) is 10.8 Å². The number of carbonyl (C=O) groups is 4. The third kappa shape index (κ3) is 9.23. The van der Waals surface area contributed by atoms with Gasteiger partial charge in [-0.15, -0.1) is 0 Å². The second kappa shape index (κ2) is 15.9. The molecule has 0 unspecified atom stereocenters. The fourth-order valence-corrected chi connectivity index (χ4v) is 7.26. The van der Waals surface area contributed by atoms with E-state index in [0.717, 1.165) is 63.5 Å². The Labute approximate surface area is 309 Å². The molecule has 0 saturated heterocycles. The van der Waals surface area contributed by atoms with Gasteiger partial charge in [0.2, 0.25) is 0 Å². The first-order valence-electron chi connectivity index (χ1n) is 15.6. The second-order valence-corrected chi connectivity index (χ2v) is 16.0. The monoisotopic (exact) mass is 782 g/mol. The molecule has 2 saturated carbocycles. The predicted octanol–water partition coefficient (Wildman–Crippen LogP) is 10.9. The molecule has 2 aromatic rings. The zero-order chi connectivity index (χ0) is 35.6. The van der Waals surface area contributed by atoms with E-state index in [1.54, 1.807) is 0 Å². The van der Waals surface area contributed by atoms with Crippen molar-refractivity contribution in [3.8, 4) is 11.5 Å². The molecule has 0 spiro atoms. The molecule has 8 nitrogen and oxygen atoms in total. The maximum Gasteiger partial charge on any atom is 0.423 e. The summed E-state index contributed by atoms with van der Waals surface area (Å²) in [5.74, 6) is -5.18. The second-order valence-electron chi connectivity index (χ2n) is 13.6. The Bertz CT molecular complexity index is 1480. The van der Waals surface area contributed by atoms with E-state index in [1.807, 2.05) is 13.8 Å². The number of hydrogen-bond donors (Lipinski definition) is 0. The molecule has 14 heteroatoms. The molecule has 0 bridgehead atoms. The summed E-state index contributed by atoms with van der Waals surface area (Å²) in [5.41, 5.74) is -1.43. The molecule has 0 N–H and O–H groups in total. The number of benzene rings is 2. The molecule has 0 aromatic heterocycles. The average Bonchev–Trinajstić information content (AvgIpc) is 3.03. The van der Waals surface area contributed by atoms with Crippen molar-refractivity contribution in [3.63, 3.8) is 0 Å². The van der Waals surface area contributed by atoms with E-state index < -0.39 is 46.5 Å². The predicted molar refractivity (Wildman–Crippen MR) is 186 cm³/mol. The van der Waals surface area contributed by atoms with Crippen LogP contribution < -0.4 is 9.47 Å². The van der Waals surface area contributed by atoms with Crippen LogP contribution in [0.2, 0.25) is 30.1 Å². The Balaban J connectivity index is 1.53. The summed E-state index contributed by atoms with van der Waals surface area (Å²) in [6.45, 7) is 8.52. The van der Waals surface area contributed by atoms with E-state index in [1.165, 1.54) is 0 Å². The van der Waals surface area contributed by atoms with Crippen LogP contribution >= 0.6 is 69.6 Å². The van der Waals surface area contributed by atoms with Gasteiger partial charge in [-0.2, -0.15) is 0 Å². The van der Waals surface area contributed by atoms with Crippen molar-refractivity contribution in [2.75, 3.05) is 13.2 Å². The largest absolute Gasteiger partial charge is 0.461 e. The fraction of sp³-hybridized carbons (Fsp3) is 0.529. The molecule has 262 valence electrons. The van der Waals surface area contributed by atoms with Gasteiger partial charge in [0.05, 0.1) is 43.3 Å². The summed E-state index contributed by atoms with van der Waals surface area (Å²) in [4.78, 5) is 52.7. The fourth-order valence-electron chi connectivity index (χ4n) is 5.82. The number of hydrogen-bond acceptors (Lipinski definition) is 8.